The molecule has 0 aliphatic carbocycles. The first-order valence-electron chi connectivity index (χ1n) is 11.4. The van der Waals surface area contributed by atoms with Gasteiger partial charge in [-0.2, -0.15) is 0 Å². The van der Waals surface area contributed by atoms with E-state index in [2.05, 4.69) is 11.4 Å². The van der Waals surface area contributed by atoms with Crippen molar-refractivity contribution in [2.45, 2.75) is 116 Å². The summed E-state index contributed by atoms with van der Waals surface area (Å²) >= 11 is 0. The Balaban J connectivity index is 0. The van der Waals surface area contributed by atoms with Crippen LogP contribution in [0.15, 0.2) is 0 Å². The van der Waals surface area contributed by atoms with Crippen molar-refractivity contribution < 1.29 is 28.7 Å². The van der Waals surface area contributed by atoms with E-state index in [0.717, 1.165) is 12.8 Å². The summed E-state index contributed by atoms with van der Waals surface area (Å²) < 4.78 is 19.9. The Hall–Kier alpha value is -0.0100. The molecule has 0 fully saturated rings. The minimum Gasteiger partial charge on any atom is -0.849 e. The van der Waals surface area contributed by atoms with Crippen molar-refractivity contribution in [3.63, 3.8) is 0 Å². The van der Waals surface area contributed by atoms with Crippen LogP contribution in [0.1, 0.15) is 110 Å². The van der Waals surface area contributed by atoms with Gasteiger partial charge in [-0.1, -0.05) is 109 Å². The fourth-order valence-corrected chi connectivity index (χ4v) is 3.56. The van der Waals surface area contributed by atoms with Gasteiger partial charge < -0.3 is 25.8 Å². The van der Waals surface area contributed by atoms with E-state index in [1.807, 2.05) is 0 Å². The van der Waals surface area contributed by atoms with Crippen LogP contribution < -0.4 is 11.3 Å². The Labute approximate surface area is 178 Å². The van der Waals surface area contributed by atoms with E-state index in [1.165, 1.54) is 89.9 Å². The molecule has 0 aliphatic rings. The molecule has 0 saturated heterocycles. The molecule has 0 aromatic rings. The molecule has 178 valence electrons. The van der Waals surface area contributed by atoms with E-state index >= 15 is 0 Å². The van der Waals surface area contributed by atoms with Gasteiger partial charge in [0.15, 0.2) is 0 Å². The highest BCUT2D eigenvalue weighted by molar-refractivity contribution is 7.46. The summed E-state index contributed by atoms with van der Waals surface area (Å²) in [4.78, 5) is 17.0. The first kappa shape index (κ1) is 31.2. The van der Waals surface area contributed by atoms with E-state index in [0.29, 0.717) is 6.61 Å². The van der Waals surface area contributed by atoms with Gasteiger partial charge in [0.25, 0.3) is 0 Å². The normalized spacial score (nSPS) is 12.7. The number of rotatable bonds is 22. The molecule has 1 atom stereocenters. The van der Waals surface area contributed by atoms with Crippen molar-refractivity contribution in [3.05, 3.63) is 0 Å². The standard InChI is InChI=1S/C21H44O6P.H3N/c1-2-3-4-5-6-7-8-9-10-11-12-13-14-15-16-17-18-26-19-21(22)20-27-28(23,24)25;/h21H,2-20H2,1H3,(H2,23,24,25);1H3/q-1;/p+1/t21-;/m0./s1. The lowest BCUT2D eigenvalue weighted by Gasteiger charge is -2.21. The Kier molecular flexibility index (Phi) is 24.4. The lowest BCUT2D eigenvalue weighted by molar-refractivity contribution is -0.431. The highest BCUT2D eigenvalue weighted by atomic mass is 31.2. The lowest BCUT2D eigenvalue weighted by Crippen LogP contribution is -2.35. The van der Waals surface area contributed by atoms with E-state index in [4.69, 9.17) is 14.5 Å². The lowest BCUT2D eigenvalue weighted by atomic mass is 10.0. The zero-order chi connectivity index (χ0) is 20.9. The summed E-state index contributed by atoms with van der Waals surface area (Å²) in [6, 6.07) is 0. The summed E-state index contributed by atoms with van der Waals surface area (Å²) in [5, 5.41) is 11.4. The van der Waals surface area contributed by atoms with E-state index in [-0.39, 0.29) is 12.8 Å². The van der Waals surface area contributed by atoms with Gasteiger partial charge in [-0.15, -0.1) is 0 Å². The van der Waals surface area contributed by atoms with Crippen molar-refractivity contribution in [3.8, 4) is 0 Å². The number of unbranched alkanes of at least 4 members (excludes halogenated alkanes) is 15. The van der Waals surface area contributed by atoms with Gasteiger partial charge in [0, 0.05) is 19.8 Å². The van der Waals surface area contributed by atoms with Crippen molar-refractivity contribution in [1.29, 1.82) is 0 Å². The summed E-state index contributed by atoms with van der Waals surface area (Å²) in [7, 11) is -4.55. The SMILES string of the molecule is CCCCCCCCCCCCCCCCCCOC[C@H]([O-])COP(=O)(O)O.[NH4+]. The molecule has 7 nitrogen and oxygen atoms in total. The summed E-state index contributed by atoms with van der Waals surface area (Å²) in [5.74, 6) is 0. The molecule has 0 spiro atoms. The van der Waals surface area contributed by atoms with Gasteiger partial charge in [-0.3, -0.25) is 4.52 Å². The zero-order valence-electron chi connectivity index (χ0n) is 19.0. The van der Waals surface area contributed by atoms with Gasteiger partial charge in [-0.25, -0.2) is 4.57 Å². The molecule has 0 unspecified atom stereocenters. The van der Waals surface area contributed by atoms with Gasteiger partial charge in [0.1, 0.15) is 0 Å². The predicted octanol–water partition coefficient (Wildman–Crippen LogP) is 5.48. The summed E-state index contributed by atoms with van der Waals surface area (Å²) in [6.07, 6.45) is 19.8. The Morgan fingerprint density at radius 3 is 1.48 bits per heavy atom. The third-order valence-corrected chi connectivity index (χ3v) is 5.36. The highest BCUT2D eigenvalue weighted by Crippen LogP contribution is 2.35. The number of quaternary nitrogens is 1. The topological polar surface area (TPSA) is 136 Å². The highest BCUT2D eigenvalue weighted by Gasteiger charge is 2.13. The van der Waals surface area contributed by atoms with Crippen molar-refractivity contribution in [1.82, 2.24) is 6.15 Å². The minimum absolute atomic E-state index is 0. The van der Waals surface area contributed by atoms with Crippen LogP contribution in [0.4, 0.5) is 0 Å². The molecule has 0 aromatic heterocycles. The smallest absolute Gasteiger partial charge is 0.469 e. The van der Waals surface area contributed by atoms with Crippen LogP contribution in [0.5, 0.6) is 0 Å². The van der Waals surface area contributed by atoms with Gasteiger partial charge >= 0.3 is 7.82 Å². The number of hydrogen-bond donors (Lipinski definition) is 3. The molecule has 29 heavy (non-hydrogen) atoms. The molecule has 6 N–H and O–H groups in total. The van der Waals surface area contributed by atoms with Crippen LogP contribution in [0.2, 0.25) is 0 Å². The molecule has 0 amide bonds. The van der Waals surface area contributed by atoms with Crippen LogP contribution >= 0.6 is 7.82 Å². The first-order chi connectivity index (χ1) is 13.5. The van der Waals surface area contributed by atoms with Gasteiger partial charge in [0.05, 0.1) is 0 Å². The summed E-state index contributed by atoms with van der Waals surface area (Å²) in [6.45, 7) is 2.19. The largest absolute Gasteiger partial charge is 0.849 e. The third kappa shape index (κ3) is 28.0. The molecule has 0 rings (SSSR count). The van der Waals surface area contributed by atoms with Crippen molar-refractivity contribution >= 4 is 7.82 Å². The molecule has 0 heterocycles. The van der Waals surface area contributed by atoms with Crippen molar-refractivity contribution in [2.75, 3.05) is 19.8 Å². The second kappa shape index (κ2) is 22.7. The number of phosphoric acid groups is 1. The third-order valence-electron chi connectivity index (χ3n) is 4.87. The minimum atomic E-state index is -4.55. The predicted molar refractivity (Wildman–Crippen MR) is 118 cm³/mol. The van der Waals surface area contributed by atoms with Crippen LogP contribution in [-0.2, 0) is 13.8 Å². The molecule has 8 heteroatoms. The van der Waals surface area contributed by atoms with Crippen LogP contribution in [0.25, 0.3) is 0 Å². The van der Waals surface area contributed by atoms with E-state index in [9.17, 15) is 9.67 Å². The maximum atomic E-state index is 11.4. The van der Waals surface area contributed by atoms with Gasteiger partial charge in [-0.05, 0) is 6.42 Å². The Bertz CT molecular complexity index is 367. The Morgan fingerprint density at radius 2 is 1.10 bits per heavy atom. The molecule has 0 aromatic carbocycles. The second-order valence-electron chi connectivity index (χ2n) is 7.79. The van der Waals surface area contributed by atoms with E-state index in [1.54, 1.807) is 0 Å². The zero-order valence-corrected chi connectivity index (χ0v) is 19.9. The molecular formula is C21H48NO6P. The molecule has 0 bridgehead atoms. The Morgan fingerprint density at radius 1 is 0.724 bits per heavy atom. The van der Waals surface area contributed by atoms with Crippen molar-refractivity contribution in [2.24, 2.45) is 0 Å². The molecule has 0 radical (unpaired) electrons. The van der Waals surface area contributed by atoms with Gasteiger partial charge in [0.2, 0.25) is 0 Å². The quantitative estimate of drug-likeness (QED) is 0.150. The second-order valence-corrected chi connectivity index (χ2v) is 9.03. The van der Waals surface area contributed by atoms with E-state index < -0.39 is 20.5 Å². The first-order valence-corrected chi connectivity index (χ1v) is 12.9. The monoisotopic (exact) mass is 441 g/mol. The fraction of sp³-hybridized carbons (Fsp3) is 1.00. The van der Waals surface area contributed by atoms with Crippen LogP contribution in [0, 0.1) is 0 Å². The van der Waals surface area contributed by atoms with Crippen LogP contribution in [0.3, 0.4) is 0 Å². The number of hydrogen-bond acceptors (Lipinski definition) is 4. The molecule has 0 saturated carbocycles. The average molecular weight is 442 g/mol. The molecule has 0 aliphatic heterocycles. The van der Waals surface area contributed by atoms with Crippen LogP contribution in [-0.4, -0.2) is 35.7 Å². The summed E-state index contributed by atoms with van der Waals surface area (Å²) in [5.41, 5.74) is 0. The maximum absolute atomic E-state index is 11.4. The number of phosphoric ester groups is 1. The maximum Gasteiger partial charge on any atom is 0.469 e. The fourth-order valence-electron chi connectivity index (χ4n) is 3.20. The average Bonchev–Trinajstić information content (AvgIpc) is 2.65. The molecular weight excluding hydrogens is 393 g/mol. The number of ether oxygens (including phenoxy) is 1.